The molecule has 0 aliphatic rings. The summed E-state index contributed by atoms with van der Waals surface area (Å²) in [5.74, 6) is 0.885. The van der Waals surface area contributed by atoms with Crippen LogP contribution in [0.25, 0.3) is 11.0 Å². The number of hydrogen-bond acceptors (Lipinski definition) is 3. The zero-order chi connectivity index (χ0) is 13.7. The summed E-state index contributed by atoms with van der Waals surface area (Å²) in [6.07, 6.45) is 2.44. The molecule has 3 heteroatoms. The topological polar surface area (TPSA) is 42.4 Å². The molecule has 0 radical (unpaired) electrons. The fourth-order valence-corrected chi connectivity index (χ4v) is 2.31. The summed E-state index contributed by atoms with van der Waals surface area (Å²) >= 11 is 0. The van der Waals surface area contributed by atoms with Gasteiger partial charge in [0.05, 0.1) is 6.04 Å². The number of nitrogens with zero attached hydrogens (tertiary/aromatic N) is 1. The van der Waals surface area contributed by atoms with E-state index in [1.54, 1.807) is 0 Å². The first-order valence-electron chi connectivity index (χ1n) is 7.21. The van der Waals surface area contributed by atoms with Crippen LogP contribution >= 0.6 is 0 Å². The first-order valence-corrected chi connectivity index (χ1v) is 7.21. The third kappa shape index (κ3) is 3.58. The standard InChI is InChI=1S/C16H24N2O/c1-3-5-10-18(4-2)12-14(17)16-11-13-8-6-7-9-15(13)19-16/h6-9,11,14H,3-5,10,12,17H2,1-2H3. The molecule has 0 fully saturated rings. The van der Waals surface area contributed by atoms with Gasteiger partial charge in [-0.25, -0.2) is 0 Å². The average molecular weight is 260 g/mol. The molecule has 2 aromatic rings. The molecule has 0 spiro atoms. The van der Waals surface area contributed by atoms with Crippen molar-refractivity contribution in [1.82, 2.24) is 4.90 Å². The summed E-state index contributed by atoms with van der Waals surface area (Å²) in [5, 5.41) is 1.13. The van der Waals surface area contributed by atoms with Gasteiger partial charge < -0.3 is 15.1 Å². The molecule has 0 saturated heterocycles. The van der Waals surface area contributed by atoms with Crippen molar-refractivity contribution in [2.45, 2.75) is 32.7 Å². The molecule has 2 N–H and O–H groups in total. The first-order chi connectivity index (χ1) is 9.24. The van der Waals surface area contributed by atoms with Crippen molar-refractivity contribution >= 4 is 11.0 Å². The van der Waals surface area contributed by atoms with E-state index in [2.05, 4.69) is 30.9 Å². The summed E-state index contributed by atoms with van der Waals surface area (Å²) < 4.78 is 5.83. The third-order valence-corrected chi connectivity index (χ3v) is 3.54. The van der Waals surface area contributed by atoms with Crippen LogP contribution in [-0.2, 0) is 0 Å². The van der Waals surface area contributed by atoms with Crippen molar-refractivity contribution in [2.75, 3.05) is 19.6 Å². The van der Waals surface area contributed by atoms with Gasteiger partial charge in [-0.2, -0.15) is 0 Å². The molecule has 1 heterocycles. The molecule has 0 aliphatic carbocycles. The number of para-hydroxylation sites is 1. The van der Waals surface area contributed by atoms with Crippen LogP contribution < -0.4 is 5.73 Å². The van der Waals surface area contributed by atoms with Crippen LogP contribution in [0.1, 0.15) is 38.5 Å². The molecule has 19 heavy (non-hydrogen) atoms. The number of fused-ring (bicyclic) bond motifs is 1. The number of furan rings is 1. The second kappa shape index (κ2) is 6.73. The Labute approximate surface area is 115 Å². The summed E-state index contributed by atoms with van der Waals surface area (Å²) in [5.41, 5.74) is 7.19. The lowest BCUT2D eigenvalue weighted by molar-refractivity contribution is 0.256. The molecule has 1 aromatic heterocycles. The van der Waals surface area contributed by atoms with Gasteiger partial charge in [0, 0.05) is 11.9 Å². The van der Waals surface area contributed by atoms with E-state index in [0.717, 1.165) is 36.4 Å². The highest BCUT2D eigenvalue weighted by Crippen LogP contribution is 2.23. The zero-order valence-electron chi connectivity index (χ0n) is 11.9. The summed E-state index contributed by atoms with van der Waals surface area (Å²) in [6.45, 7) is 7.40. The van der Waals surface area contributed by atoms with Crippen molar-refractivity contribution in [3.05, 3.63) is 36.1 Å². The second-order valence-electron chi connectivity index (χ2n) is 5.04. The zero-order valence-corrected chi connectivity index (χ0v) is 11.9. The molecule has 104 valence electrons. The molecule has 0 bridgehead atoms. The minimum atomic E-state index is -0.0517. The molecule has 2 rings (SSSR count). The molecule has 0 aliphatic heterocycles. The summed E-state index contributed by atoms with van der Waals surface area (Å²) in [4.78, 5) is 2.39. The highest BCUT2D eigenvalue weighted by atomic mass is 16.3. The molecule has 3 nitrogen and oxygen atoms in total. The minimum Gasteiger partial charge on any atom is -0.459 e. The second-order valence-corrected chi connectivity index (χ2v) is 5.04. The van der Waals surface area contributed by atoms with E-state index >= 15 is 0 Å². The lowest BCUT2D eigenvalue weighted by Crippen LogP contribution is -2.32. The monoisotopic (exact) mass is 260 g/mol. The predicted octanol–water partition coefficient (Wildman–Crippen LogP) is 3.55. The summed E-state index contributed by atoms with van der Waals surface area (Å²) in [7, 11) is 0. The van der Waals surface area contributed by atoms with E-state index in [4.69, 9.17) is 10.2 Å². The largest absolute Gasteiger partial charge is 0.459 e. The quantitative estimate of drug-likeness (QED) is 0.827. The van der Waals surface area contributed by atoms with Gasteiger partial charge >= 0.3 is 0 Å². The van der Waals surface area contributed by atoms with Gasteiger partial charge in [-0.15, -0.1) is 0 Å². The molecular formula is C16H24N2O. The maximum Gasteiger partial charge on any atom is 0.134 e. The van der Waals surface area contributed by atoms with Crippen LogP contribution in [0.15, 0.2) is 34.7 Å². The molecule has 1 atom stereocenters. The van der Waals surface area contributed by atoms with Crippen molar-refractivity contribution in [1.29, 1.82) is 0 Å². The fourth-order valence-electron chi connectivity index (χ4n) is 2.31. The van der Waals surface area contributed by atoms with Gasteiger partial charge in [0.15, 0.2) is 0 Å². The Bertz CT molecular complexity index is 473. The number of unbranched alkanes of at least 4 members (excludes halogenated alkanes) is 1. The van der Waals surface area contributed by atoms with E-state index in [1.165, 1.54) is 12.8 Å². The number of benzene rings is 1. The molecular weight excluding hydrogens is 236 g/mol. The lowest BCUT2D eigenvalue weighted by atomic mass is 10.2. The van der Waals surface area contributed by atoms with E-state index in [1.807, 2.05) is 18.2 Å². The van der Waals surface area contributed by atoms with Crippen molar-refractivity contribution in [3.63, 3.8) is 0 Å². The molecule has 0 amide bonds. The highest BCUT2D eigenvalue weighted by molar-refractivity contribution is 5.77. The maximum atomic E-state index is 6.27. The SMILES string of the molecule is CCCCN(CC)CC(N)c1cc2ccccc2o1. The normalized spacial score (nSPS) is 13.3. The van der Waals surface area contributed by atoms with Gasteiger partial charge in [-0.3, -0.25) is 0 Å². The summed E-state index contributed by atoms with van der Waals surface area (Å²) in [6, 6.07) is 10.1. The van der Waals surface area contributed by atoms with E-state index in [0.29, 0.717) is 0 Å². The Balaban J connectivity index is 2.03. The third-order valence-electron chi connectivity index (χ3n) is 3.54. The van der Waals surface area contributed by atoms with Gasteiger partial charge in [-0.05, 0) is 31.6 Å². The maximum absolute atomic E-state index is 6.27. The number of hydrogen-bond donors (Lipinski definition) is 1. The Hall–Kier alpha value is -1.32. The number of likely N-dealkylation sites (N-methyl/N-ethyl adjacent to an activating group) is 1. The molecule has 1 unspecified atom stereocenters. The van der Waals surface area contributed by atoms with Crippen LogP contribution in [-0.4, -0.2) is 24.5 Å². The van der Waals surface area contributed by atoms with Gasteiger partial charge in [0.1, 0.15) is 11.3 Å². The van der Waals surface area contributed by atoms with Gasteiger partial charge in [0.25, 0.3) is 0 Å². The van der Waals surface area contributed by atoms with E-state index in [9.17, 15) is 0 Å². The average Bonchev–Trinajstić information content (AvgIpc) is 2.87. The van der Waals surface area contributed by atoms with Crippen molar-refractivity contribution < 1.29 is 4.42 Å². The van der Waals surface area contributed by atoms with Crippen molar-refractivity contribution in [3.8, 4) is 0 Å². The molecule has 0 saturated carbocycles. The van der Waals surface area contributed by atoms with Crippen LogP contribution in [0.2, 0.25) is 0 Å². The molecule has 1 aromatic carbocycles. The minimum absolute atomic E-state index is 0.0517. The van der Waals surface area contributed by atoms with E-state index < -0.39 is 0 Å². The number of rotatable bonds is 7. The van der Waals surface area contributed by atoms with Gasteiger partial charge in [0.2, 0.25) is 0 Å². The smallest absolute Gasteiger partial charge is 0.134 e. The Morgan fingerprint density at radius 3 is 2.74 bits per heavy atom. The Kier molecular flexibility index (Phi) is 5.00. The van der Waals surface area contributed by atoms with E-state index in [-0.39, 0.29) is 6.04 Å². The Morgan fingerprint density at radius 2 is 2.05 bits per heavy atom. The Morgan fingerprint density at radius 1 is 1.26 bits per heavy atom. The fraction of sp³-hybridized carbons (Fsp3) is 0.500. The van der Waals surface area contributed by atoms with Crippen LogP contribution in [0.3, 0.4) is 0 Å². The van der Waals surface area contributed by atoms with Crippen molar-refractivity contribution in [2.24, 2.45) is 5.73 Å². The van der Waals surface area contributed by atoms with Crippen LogP contribution in [0, 0.1) is 0 Å². The van der Waals surface area contributed by atoms with Crippen LogP contribution in [0.5, 0.6) is 0 Å². The van der Waals surface area contributed by atoms with Crippen LogP contribution in [0.4, 0.5) is 0 Å². The number of nitrogens with two attached hydrogens (primary N) is 1. The first kappa shape index (κ1) is 14.1. The highest BCUT2D eigenvalue weighted by Gasteiger charge is 2.15. The predicted molar refractivity (Wildman–Crippen MR) is 80.2 cm³/mol. The van der Waals surface area contributed by atoms with Gasteiger partial charge in [-0.1, -0.05) is 38.5 Å². The lowest BCUT2D eigenvalue weighted by Gasteiger charge is -2.22.